The van der Waals surface area contributed by atoms with E-state index in [0.717, 1.165) is 24.7 Å². The van der Waals surface area contributed by atoms with Crippen LogP contribution in [0.2, 0.25) is 0 Å². The number of aldehydes is 1. The van der Waals surface area contributed by atoms with Crippen LogP contribution in [0.25, 0.3) is 0 Å². The average Bonchev–Trinajstić information content (AvgIpc) is 3.16. The number of rotatable bonds is 9. The molecule has 6 nitrogen and oxygen atoms in total. The summed E-state index contributed by atoms with van der Waals surface area (Å²) in [6.07, 6.45) is 2.34. The molecule has 1 atom stereocenters. The Morgan fingerprint density at radius 2 is 1.78 bits per heavy atom. The highest BCUT2D eigenvalue weighted by Crippen LogP contribution is 2.36. The molecule has 0 fully saturated rings. The fourth-order valence-corrected chi connectivity index (χ4v) is 4.14. The molecule has 0 aliphatic carbocycles. The Labute approximate surface area is 188 Å². The summed E-state index contributed by atoms with van der Waals surface area (Å²) >= 11 is 0. The number of methoxy groups -OCH3 is 1. The topological polar surface area (TPSA) is 59.1 Å². The lowest BCUT2D eigenvalue weighted by molar-refractivity contribution is -0.107. The highest BCUT2D eigenvalue weighted by atomic mass is 16.5. The summed E-state index contributed by atoms with van der Waals surface area (Å²) in [4.78, 5) is 27.7. The Morgan fingerprint density at radius 3 is 2.47 bits per heavy atom. The van der Waals surface area contributed by atoms with Crippen LogP contribution in [-0.4, -0.2) is 39.4 Å². The summed E-state index contributed by atoms with van der Waals surface area (Å²) < 4.78 is 11.4. The molecule has 164 valence electrons. The molecule has 3 aromatic carbocycles. The molecule has 3 aromatic rings. The molecule has 0 saturated heterocycles. The summed E-state index contributed by atoms with van der Waals surface area (Å²) in [6, 6.07) is 21.4. The monoisotopic (exact) mass is 430 g/mol. The van der Waals surface area contributed by atoms with Crippen molar-refractivity contribution in [1.29, 1.82) is 0 Å². The number of hydrogen-bond donors (Lipinski definition) is 0. The zero-order chi connectivity index (χ0) is 22.5. The third-order valence-corrected chi connectivity index (χ3v) is 5.90. The molecular formula is C26H26N2O4. The lowest BCUT2D eigenvalue weighted by atomic mass is 10.1. The zero-order valence-corrected chi connectivity index (χ0v) is 18.2. The Morgan fingerprint density at radius 1 is 1.03 bits per heavy atom. The minimum absolute atomic E-state index is 0.105. The van der Waals surface area contributed by atoms with Gasteiger partial charge in [-0.1, -0.05) is 48.5 Å². The molecule has 0 bridgehead atoms. The van der Waals surface area contributed by atoms with Crippen LogP contribution in [0.15, 0.2) is 66.7 Å². The SMILES string of the molecule is COc1cc(C=O)c(N(C=O)CC2Cc3ccccc3N2C)cc1OCc1ccccc1. The van der Waals surface area contributed by atoms with Crippen LogP contribution in [0, 0.1) is 0 Å². The Balaban J connectivity index is 1.60. The first-order chi connectivity index (χ1) is 15.6. The minimum Gasteiger partial charge on any atom is -0.493 e. The van der Waals surface area contributed by atoms with E-state index in [2.05, 4.69) is 17.0 Å². The second-order valence-electron chi connectivity index (χ2n) is 7.81. The van der Waals surface area contributed by atoms with Gasteiger partial charge in [0.1, 0.15) is 6.61 Å². The van der Waals surface area contributed by atoms with Crippen LogP contribution in [0.3, 0.4) is 0 Å². The van der Waals surface area contributed by atoms with Crippen LogP contribution < -0.4 is 19.3 Å². The van der Waals surface area contributed by atoms with Crippen molar-refractivity contribution in [3.05, 3.63) is 83.4 Å². The number of amides is 1. The first-order valence-corrected chi connectivity index (χ1v) is 10.5. The molecule has 0 aromatic heterocycles. The summed E-state index contributed by atoms with van der Waals surface area (Å²) in [5, 5.41) is 0. The van der Waals surface area contributed by atoms with Gasteiger partial charge in [-0.05, 0) is 29.7 Å². The van der Waals surface area contributed by atoms with Gasteiger partial charge in [0.2, 0.25) is 6.41 Å². The molecule has 1 aliphatic rings. The number of fused-ring (bicyclic) bond motifs is 1. The van der Waals surface area contributed by atoms with Gasteiger partial charge >= 0.3 is 0 Å². The third kappa shape index (κ3) is 4.30. The van der Waals surface area contributed by atoms with Crippen LogP contribution in [0.5, 0.6) is 11.5 Å². The number of anilines is 2. The number of ether oxygens (including phenoxy) is 2. The maximum absolute atomic E-state index is 12.1. The number of nitrogens with zero attached hydrogens (tertiary/aromatic N) is 2. The van der Waals surface area contributed by atoms with Gasteiger partial charge in [-0.3, -0.25) is 9.59 Å². The Hall–Kier alpha value is -3.80. The van der Waals surface area contributed by atoms with Crippen molar-refractivity contribution in [1.82, 2.24) is 0 Å². The largest absolute Gasteiger partial charge is 0.493 e. The van der Waals surface area contributed by atoms with E-state index in [9.17, 15) is 9.59 Å². The van der Waals surface area contributed by atoms with Gasteiger partial charge in [-0.25, -0.2) is 0 Å². The number of para-hydroxylation sites is 1. The van der Waals surface area contributed by atoms with Gasteiger partial charge in [0, 0.05) is 30.9 Å². The van der Waals surface area contributed by atoms with Gasteiger partial charge in [0.25, 0.3) is 0 Å². The highest BCUT2D eigenvalue weighted by molar-refractivity contribution is 5.91. The molecule has 32 heavy (non-hydrogen) atoms. The molecular weight excluding hydrogens is 404 g/mol. The molecule has 1 amide bonds. The van der Waals surface area contributed by atoms with Crippen molar-refractivity contribution in [3.63, 3.8) is 0 Å². The normalized spacial score (nSPS) is 14.6. The van der Waals surface area contributed by atoms with E-state index in [1.807, 2.05) is 49.5 Å². The lowest BCUT2D eigenvalue weighted by Gasteiger charge is -2.29. The fourth-order valence-electron chi connectivity index (χ4n) is 4.14. The van der Waals surface area contributed by atoms with Crippen LogP contribution in [0.1, 0.15) is 21.5 Å². The molecule has 0 saturated carbocycles. The van der Waals surface area contributed by atoms with Gasteiger partial charge < -0.3 is 19.3 Å². The molecule has 1 aliphatic heterocycles. The van der Waals surface area contributed by atoms with E-state index in [1.54, 1.807) is 17.0 Å². The number of benzene rings is 3. The van der Waals surface area contributed by atoms with E-state index < -0.39 is 0 Å². The molecule has 1 unspecified atom stereocenters. The predicted molar refractivity (Wildman–Crippen MR) is 125 cm³/mol. The minimum atomic E-state index is 0.105. The number of carbonyl (C=O) groups excluding carboxylic acids is 2. The van der Waals surface area contributed by atoms with E-state index in [4.69, 9.17) is 9.47 Å². The first-order valence-electron chi connectivity index (χ1n) is 10.5. The maximum atomic E-state index is 12.1. The first kappa shape index (κ1) is 21.4. The van der Waals surface area contributed by atoms with E-state index in [1.165, 1.54) is 18.4 Å². The molecule has 1 heterocycles. The predicted octanol–water partition coefficient (Wildman–Crippen LogP) is 4.11. The van der Waals surface area contributed by atoms with E-state index in [0.29, 0.717) is 35.9 Å². The van der Waals surface area contributed by atoms with Crippen LogP contribution >= 0.6 is 0 Å². The smallest absolute Gasteiger partial charge is 0.214 e. The zero-order valence-electron chi connectivity index (χ0n) is 18.2. The Bertz CT molecular complexity index is 1100. The number of likely N-dealkylation sites (N-methyl/N-ethyl adjacent to an activating group) is 1. The van der Waals surface area contributed by atoms with Crippen molar-refractivity contribution in [2.24, 2.45) is 0 Å². The molecule has 0 N–H and O–H groups in total. The highest BCUT2D eigenvalue weighted by Gasteiger charge is 2.29. The molecule has 0 spiro atoms. The summed E-state index contributed by atoms with van der Waals surface area (Å²) in [7, 11) is 3.56. The van der Waals surface area contributed by atoms with Crippen molar-refractivity contribution >= 4 is 24.1 Å². The molecule has 6 heteroatoms. The summed E-state index contributed by atoms with van der Waals surface area (Å²) in [6.45, 7) is 0.790. The molecule has 4 rings (SSSR count). The van der Waals surface area contributed by atoms with Crippen LogP contribution in [0.4, 0.5) is 11.4 Å². The lowest BCUT2D eigenvalue weighted by Crippen LogP contribution is -2.40. The van der Waals surface area contributed by atoms with Gasteiger partial charge in [-0.2, -0.15) is 0 Å². The van der Waals surface area contributed by atoms with Crippen molar-refractivity contribution in [2.45, 2.75) is 19.1 Å². The van der Waals surface area contributed by atoms with Gasteiger partial charge in [0.05, 0.1) is 18.8 Å². The third-order valence-electron chi connectivity index (χ3n) is 5.90. The number of carbonyl (C=O) groups is 2. The van der Waals surface area contributed by atoms with E-state index >= 15 is 0 Å². The second kappa shape index (κ2) is 9.56. The maximum Gasteiger partial charge on any atom is 0.214 e. The standard InChI is InChI=1S/C26H26N2O4/c1-27-22(12-20-10-6-7-11-23(20)27)15-28(18-30)24-14-26(25(31-2)13-21(24)16-29)32-17-19-8-4-3-5-9-19/h3-11,13-14,16,18,22H,12,15,17H2,1-2H3. The van der Waals surface area contributed by atoms with Crippen molar-refractivity contribution < 1.29 is 19.1 Å². The van der Waals surface area contributed by atoms with Gasteiger partial charge in [0.15, 0.2) is 17.8 Å². The second-order valence-corrected chi connectivity index (χ2v) is 7.81. The summed E-state index contributed by atoms with van der Waals surface area (Å²) in [5.74, 6) is 0.926. The van der Waals surface area contributed by atoms with Crippen molar-refractivity contribution in [2.75, 3.05) is 30.5 Å². The fraction of sp³-hybridized carbons (Fsp3) is 0.231. The van der Waals surface area contributed by atoms with Crippen LogP contribution in [-0.2, 0) is 17.8 Å². The van der Waals surface area contributed by atoms with E-state index in [-0.39, 0.29) is 6.04 Å². The molecule has 0 radical (unpaired) electrons. The summed E-state index contributed by atoms with van der Waals surface area (Å²) in [5.41, 5.74) is 4.30. The van der Waals surface area contributed by atoms with Crippen molar-refractivity contribution in [3.8, 4) is 11.5 Å². The quantitative estimate of drug-likeness (QED) is 0.478. The van der Waals surface area contributed by atoms with Gasteiger partial charge in [-0.15, -0.1) is 0 Å². The number of hydrogen-bond acceptors (Lipinski definition) is 5. The average molecular weight is 431 g/mol. The Kier molecular flexibility index (Phi) is 6.40.